The lowest BCUT2D eigenvalue weighted by molar-refractivity contribution is -0.154. The zero-order valence-electron chi connectivity index (χ0n) is 21.8. The standard InChI is InChI=1S/C28H38N2O5S/c1-18(2)34-27(31)21-8-7-11-24(16-21)35-23-14-12-20(13-15-23)26-25(19(3)29-36-26)17-33-28(32)30(4)22-9-5-6-10-22/h12-15,18,21-22,24H,5-11,16-17H2,1-4H3/t21-,24-/m0/s1. The number of amides is 1. The molecule has 1 aromatic heterocycles. The van der Waals surface area contributed by atoms with E-state index in [0.29, 0.717) is 6.42 Å². The second kappa shape index (κ2) is 12.1. The van der Waals surface area contributed by atoms with Gasteiger partial charge in [-0.05, 0) is 101 Å². The first-order chi connectivity index (χ1) is 17.3. The lowest BCUT2D eigenvalue weighted by Crippen LogP contribution is -2.35. The number of carbonyl (C=O) groups excluding carboxylic acids is 2. The molecule has 7 nitrogen and oxygen atoms in total. The number of aryl methyl sites for hydroxylation is 1. The third kappa shape index (κ3) is 6.58. The number of esters is 1. The molecule has 0 saturated heterocycles. The van der Waals surface area contributed by atoms with E-state index in [0.717, 1.165) is 59.6 Å². The molecule has 1 aromatic carbocycles. The number of hydrogen-bond acceptors (Lipinski definition) is 7. The number of carbonyl (C=O) groups is 2. The fourth-order valence-electron chi connectivity index (χ4n) is 5.13. The van der Waals surface area contributed by atoms with Gasteiger partial charge in [0.2, 0.25) is 0 Å². The monoisotopic (exact) mass is 514 g/mol. The van der Waals surface area contributed by atoms with E-state index in [-0.39, 0.29) is 42.8 Å². The van der Waals surface area contributed by atoms with Crippen LogP contribution in [0.5, 0.6) is 5.75 Å². The van der Waals surface area contributed by atoms with E-state index in [1.165, 1.54) is 24.4 Å². The van der Waals surface area contributed by atoms with Gasteiger partial charge in [0.25, 0.3) is 0 Å². The molecule has 1 amide bonds. The molecular formula is C28H38N2O5S. The van der Waals surface area contributed by atoms with Crippen molar-refractivity contribution in [3.05, 3.63) is 35.5 Å². The lowest BCUT2D eigenvalue weighted by Gasteiger charge is -2.29. The van der Waals surface area contributed by atoms with Crippen molar-refractivity contribution in [1.82, 2.24) is 9.27 Å². The molecule has 36 heavy (non-hydrogen) atoms. The van der Waals surface area contributed by atoms with E-state index in [4.69, 9.17) is 14.2 Å². The molecule has 0 spiro atoms. The number of hydrogen-bond donors (Lipinski definition) is 0. The summed E-state index contributed by atoms with van der Waals surface area (Å²) in [6.45, 7) is 5.92. The van der Waals surface area contributed by atoms with Crippen molar-refractivity contribution >= 4 is 23.6 Å². The summed E-state index contributed by atoms with van der Waals surface area (Å²) in [5, 5.41) is 0. The first-order valence-corrected chi connectivity index (χ1v) is 13.9. The largest absolute Gasteiger partial charge is 0.490 e. The van der Waals surface area contributed by atoms with Crippen molar-refractivity contribution in [3.8, 4) is 16.2 Å². The van der Waals surface area contributed by atoms with Crippen LogP contribution in [0.15, 0.2) is 24.3 Å². The van der Waals surface area contributed by atoms with E-state index in [9.17, 15) is 9.59 Å². The van der Waals surface area contributed by atoms with Crippen molar-refractivity contribution in [2.45, 2.75) is 97.0 Å². The minimum Gasteiger partial charge on any atom is -0.490 e. The Balaban J connectivity index is 1.35. The molecule has 4 rings (SSSR count). The fraction of sp³-hybridized carbons (Fsp3) is 0.607. The van der Waals surface area contributed by atoms with Crippen molar-refractivity contribution in [1.29, 1.82) is 0 Å². The van der Waals surface area contributed by atoms with Crippen molar-refractivity contribution < 1.29 is 23.8 Å². The van der Waals surface area contributed by atoms with Gasteiger partial charge in [-0.15, -0.1) is 0 Å². The van der Waals surface area contributed by atoms with Gasteiger partial charge in [0.15, 0.2) is 0 Å². The molecule has 0 unspecified atom stereocenters. The number of ether oxygens (including phenoxy) is 3. The van der Waals surface area contributed by atoms with Crippen LogP contribution >= 0.6 is 11.5 Å². The Morgan fingerprint density at radius 1 is 1.08 bits per heavy atom. The number of nitrogens with zero attached hydrogens (tertiary/aromatic N) is 2. The molecule has 196 valence electrons. The van der Waals surface area contributed by atoms with Crippen LogP contribution in [0.25, 0.3) is 10.4 Å². The van der Waals surface area contributed by atoms with Crippen molar-refractivity contribution in [2.24, 2.45) is 5.92 Å². The minimum absolute atomic E-state index is 0.00629. The Hall–Kier alpha value is -2.61. The van der Waals surface area contributed by atoms with Crippen LogP contribution in [0.1, 0.15) is 76.5 Å². The predicted molar refractivity (Wildman–Crippen MR) is 140 cm³/mol. The molecule has 1 heterocycles. The fourth-order valence-corrected chi connectivity index (χ4v) is 6.03. The molecule has 0 N–H and O–H groups in total. The van der Waals surface area contributed by atoms with Crippen molar-refractivity contribution in [2.75, 3.05) is 7.05 Å². The molecule has 2 aliphatic carbocycles. The Labute approximate surface area is 218 Å². The average Bonchev–Trinajstić information content (AvgIpc) is 3.52. The van der Waals surface area contributed by atoms with Gasteiger partial charge < -0.3 is 19.1 Å². The van der Waals surface area contributed by atoms with Crippen LogP contribution in [0.2, 0.25) is 0 Å². The van der Waals surface area contributed by atoms with Crippen LogP contribution < -0.4 is 4.74 Å². The molecule has 0 aliphatic heterocycles. The van der Waals surface area contributed by atoms with Gasteiger partial charge in [-0.3, -0.25) is 4.79 Å². The Bertz CT molecular complexity index is 1030. The van der Waals surface area contributed by atoms with Crippen LogP contribution in [-0.4, -0.2) is 46.6 Å². The number of aromatic nitrogens is 1. The third-order valence-electron chi connectivity index (χ3n) is 7.22. The van der Waals surface area contributed by atoms with E-state index in [1.807, 2.05) is 52.1 Å². The summed E-state index contributed by atoms with van der Waals surface area (Å²) in [5.74, 6) is 0.578. The van der Waals surface area contributed by atoms with Gasteiger partial charge in [-0.1, -0.05) is 12.8 Å². The summed E-state index contributed by atoms with van der Waals surface area (Å²) in [7, 11) is 1.83. The average molecular weight is 515 g/mol. The maximum Gasteiger partial charge on any atom is 0.410 e. The Kier molecular flexibility index (Phi) is 8.88. The smallest absolute Gasteiger partial charge is 0.410 e. The highest BCUT2D eigenvalue weighted by molar-refractivity contribution is 7.09. The molecular weight excluding hydrogens is 476 g/mol. The molecule has 0 radical (unpaired) electrons. The summed E-state index contributed by atoms with van der Waals surface area (Å²) in [5.41, 5.74) is 2.85. The van der Waals surface area contributed by atoms with Gasteiger partial charge in [-0.2, -0.15) is 4.37 Å². The van der Waals surface area contributed by atoms with Gasteiger partial charge >= 0.3 is 12.1 Å². The summed E-state index contributed by atoms with van der Waals surface area (Å²) < 4.78 is 21.8. The molecule has 2 aromatic rings. The molecule has 2 atom stereocenters. The number of benzene rings is 1. The van der Waals surface area contributed by atoms with E-state index in [1.54, 1.807) is 4.90 Å². The van der Waals surface area contributed by atoms with Gasteiger partial charge in [-0.25, -0.2) is 4.79 Å². The summed E-state index contributed by atoms with van der Waals surface area (Å²) in [4.78, 5) is 27.6. The highest BCUT2D eigenvalue weighted by Crippen LogP contribution is 2.34. The highest BCUT2D eigenvalue weighted by Gasteiger charge is 2.30. The van der Waals surface area contributed by atoms with E-state index < -0.39 is 0 Å². The molecule has 8 heteroatoms. The number of rotatable bonds is 8. The molecule has 2 aliphatic rings. The second-order valence-electron chi connectivity index (χ2n) is 10.3. The van der Waals surface area contributed by atoms with E-state index >= 15 is 0 Å². The first kappa shape index (κ1) is 26.5. The third-order valence-corrected chi connectivity index (χ3v) is 8.25. The maximum atomic E-state index is 12.6. The summed E-state index contributed by atoms with van der Waals surface area (Å²) in [6, 6.07) is 8.25. The first-order valence-electron chi connectivity index (χ1n) is 13.1. The summed E-state index contributed by atoms with van der Waals surface area (Å²) >= 11 is 1.42. The Morgan fingerprint density at radius 3 is 2.50 bits per heavy atom. The highest BCUT2D eigenvalue weighted by atomic mass is 32.1. The van der Waals surface area contributed by atoms with Crippen LogP contribution in [0, 0.1) is 12.8 Å². The molecule has 2 fully saturated rings. The summed E-state index contributed by atoms with van der Waals surface area (Å²) in [6.07, 6.45) is 7.52. The van der Waals surface area contributed by atoms with Crippen LogP contribution in [-0.2, 0) is 20.9 Å². The molecule has 0 bridgehead atoms. The van der Waals surface area contributed by atoms with Crippen LogP contribution in [0.3, 0.4) is 0 Å². The predicted octanol–water partition coefficient (Wildman–Crippen LogP) is 6.52. The van der Waals surface area contributed by atoms with Gasteiger partial charge in [0.05, 0.1) is 28.7 Å². The minimum atomic E-state index is -0.273. The zero-order chi connectivity index (χ0) is 25.7. The maximum absolute atomic E-state index is 12.6. The van der Waals surface area contributed by atoms with Crippen molar-refractivity contribution in [3.63, 3.8) is 0 Å². The lowest BCUT2D eigenvalue weighted by atomic mass is 9.87. The topological polar surface area (TPSA) is 78.0 Å². The van der Waals surface area contributed by atoms with Crippen LogP contribution in [0.4, 0.5) is 4.79 Å². The van der Waals surface area contributed by atoms with Gasteiger partial charge in [0.1, 0.15) is 12.4 Å². The Morgan fingerprint density at radius 2 is 1.81 bits per heavy atom. The van der Waals surface area contributed by atoms with Gasteiger partial charge in [0, 0.05) is 18.7 Å². The SMILES string of the molecule is Cc1nsc(-c2ccc(O[C@H]3CCC[C@H](C(=O)OC(C)C)C3)cc2)c1COC(=O)N(C)C1CCCC1. The zero-order valence-corrected chi connectivity index (χ0v) is 22.6. The normalized spacial score (nSPS) is 20.4. The second-order valence-corrected chi connectivity index (χ2v) is 11.1. The van der Waals surface area contributed by atoms with E-state index in [2.05, 4.69) is 4.37 Å². The quantitative estimate of drug-likeness (QED) is 0.373. The molecule has 2 saturated carbocycles.